The fourth-order valence-corrected chi connectivity index (χ4v) is 4.99. The average molecular weight is 729 g/mol. The van der Waals surface area contributed by atoms with Crippen LogP contribution >= 0.6 is 0 Å². The van der Waals surface area contributed by atoms with Gasteiger partial charge in [-0.3, -0.25) is 4.79 Å². The van der Waals surface area contributed by atoms with Crippen molar-refractivity contribution >= 4 is 5.91 Å². The van der Waals surface area contributed by atoms with Crippen molar-refractivity contribution in [1.82, 2.24) is 5.32 Å². The molecule has 2 rings (SSSR count). The summed E-state index contributed by atoms with van der Waals surface area (Å²) in [6.45, 7) is 0.195. The fraction of sp³-hybridized carbons (Fsp3) is 0.465. The van der Waals surface area contributed by atoms with E-state index >= 15 is 0 Å². The highest BCUT2D eigenvalue weighted by Crippen LogP contribution is 2.30. The number of aliphatic hydroxyl groups is 5. The summed E-state index contributed by atoms with van der Waals surface area (Å²) in [6.07, 6.45) is -0.280. The molecule has 1 amide bonds. The van der Waals surface area contributed by atoms with Gasteiger partial charge in [-0.25, -0.2) is 0 Å². The van der Waals surface area contributed by atoms with Crippen LogP contribution in [0.15, 0.2) is 0 Å². The van der Waals surface area contributed by atoms with E-state index in [9.17, 15) is 30.3 Å². The molecule has 8 N–H and O–H groups in total. The van der Waals surface area contributed by atoms with Crippen molar-refractivity contribution in [3.05, 3.63) is 0 Å². The Bertz CT molecular complexity index is 1950. The molecule has 1 heterocycles. The first-order valence-corrected chi connectivity index (χ1v) is 17.0. The third kappa shape index (κ3) is 18.7. The molecule has 8 atom stereocenters. The normalized spacial score (nSPS) is 20.6. The van der Waals surface area contributed by atoms with Crippen molar-refractivity contribution in [2.75, 3.05) is 26.4 Å². The van der Waals surface area contributed by atoms with E-state index in [4.69, 9.17) is 26.4 Å². The van der Waals surface area contributed by atoms with Gasteiger partial charge in [-0.15, -0.1) is 6.42 Å². The maximum Gasteiger partial charge on any atom is 0.232 e. The lowest BCUT2D eigenvalue weighted by atomic mass is 9.94. The summed E-state index contributed by atoms with van der Waals surface area (Å²) in [5.74, 6) is 51.1. The summed E-state index contributed by atoms with van der Waals surface area (Å²) in [5, 5.41) is 55.8. The van der Waals surface area contributed by atoms with E-state index in [1.807, 2.05) is 0 Å². The number of rotatable bonds is 14. The molecule has 276 valence electrons. The van der Waals surface area contributed by atoms with Gasteiger partial charge in [0.05, 0.1) is 31.8 Å². The zero-order valence-electron chi connectivity index (χ0n) is 29.5. The molecule has 0 aromatic heterocycles. The van der Waals surface area contributed by atoms with Crippen LogP contribution in [0.5, 0.6) is 0 Å². The van der Waals surface area contributed by atoms with Crippen LogP contribution in [0.4, 0.5) is 0 Å². The lowest BCUT2D eigenvalue weighted by Crippen LogP contribution is -2.60. The second-order valence-electron chi connectivity index (χ2n) is 11.6. The number of terminal acetylenes is 1. The van der Waals surface area contributed by atoms with Gasteiger partial charge in [0, 0.05) is 30.3 Å². The monoisotopic (exact) mass is 728 g/mol. The molecule has 0 bridgehead atoms. The first kappa shape index (κ1) is 44.4. The molecule has 0 aromatic rings. The van der Waals surface area contributed by atoms with Crippen LogP contribution in [0, 0.1) is 137 Å². The largest absolute Gasteiger partial charge is 0.390 e. The van der Waals surface area contributed by atoms with Crippen LogP contribution in [-0.4, -0.2) is 107 Å². The third-order valence-electron chi connectivity index (χ3n) is 7.62. The van der Waals surface area contributed by atoms with Crippen molar-refractivity contribution < 1.29 is 44.5 Å². The number of carbonyl (C=O) groups excluding carboxylic acids is 1. The highest BCUT2D eigenvalue weighted by atomic mass is 16.7. The van der Waals surface area contributed by atoms with Gasteiger partial charge < -0.3 is 50.8 Å². The second-order valence-corrected chi connectivity index (χ2v) is 11.6. The Morgan fingerprint density at radius 2 is 1.30 bits per heavy atom. The van der Waals surface area contributed by atoms with Crippen molar-refractivity contribution in [1.29, 1.82) is 0 Å². The first-order chi connectivity index (χ1) is 26.3. The van der Waals surface area contributed by atoms with E-state index in [0.29, 0.717) is 26.0 Å². The smallest absolute Gasteiger partial charge is 0.232 e. The van der Waals surface area contributed by atoms with Crippen LogP contribution < -0.4 is 11.1 Å². The summed E-state index contributed by atoms with van der Waals surface area (Å²) in [6, 6.07) is -1.14. The molecule has 54 heavy (non-hydrogen) atoms. The summed E-state index contributed by atoms with van der Waals surface area (Å²) >= 11 is 0. The Morgan fingerprint density at radius 3 is 1.81 bits per heavy atom. The quantitative estimate of drug-likeness (QED) is 0.0782. The number of nitrogens with two attached hydrogens (primary N) is 1. The minimum atomic E-state index is -1.64. The van der Waals surface area contributed by atoms with Crippen LogP contribution in [0.1, 0.15) is 44.9 Å². The van der Waals surface area contributed by atoms with Gasteiger partial charge in [0.25, 0.3) is 0 Å². The zero-order chi connectivity index (χ0) is 39.2. The van der Waals surface area contributed by atoms with Crippen LogP contribution in [-0.2, 0) is 19.0 Å². The number of ether oxygens (including phenoxy) is 3. The number of aliphatic hydroxyl groups excluding tert-OH is 5. The molecule has 0 aromatic carbocycles. The Morgan fingerprint density at radius 1 is 0.778 bits per heavy atom. The van der Waals surface area contributed by atoms with E-state index < -0.39 is 61.5 Å². The second kappa shape index (κ2) is 27.9. The lowest BCUT2D eigenvalue weighted by molar-refractivity contribution is -0.304. The molecule has 0 radical (unpaired) electrons. The number of hydrogen-bond donors (Lipinski definition) is 7. The van der Waals surface area contributed by atoms with Crippen LogP contribution in [0.3, 0.4) is 0 Å². The standard InChI is InChI=1S/C43H40N2O9/c1-2-3-4-5-6-7-8-9-10-11-12-13-14-15-16-17-18-19-20-21-22-28-38(47)45-35(39(48)36(46)31-34-26-23-24-27-34)32-53-43-42(51)41(50)40(49)37(54-43)33-52-30-25-29-44/h1,34-37,39-43,46,48-51H,23-33,44H2,(H,45,47)/t35-,36+,37?,39-,40-,41-,42?,43-/m0/s1. The SMILES string of the molecule is C#CC#CC#CC#CC#CC#CC#CC#CC#CC#CC#CCC(=O)N[C@@H](CO[C@H]1OC(COCCCN)[C@H](O)[C@H](O)C1O)[C@H](O)[C@H](O)CC1CCCC1. The zero-order valence-corrected chi connectivity index (χ0v) is 29.5. The van der Waals surface area contributed by atoms with Crippen molar-refractivity contribution in [3.8, 4) is 131 Å². The van der Waals surface area contributed by atoms with Gasteiger partial charge in [-0.2, -0.15) is 0 Å². The minimum absolute atomic E-state index is 0.0999. The Labute approximate surface area is 317 Å². The number of nitrogens with one attached hydrogen (secondary N) is 1. The predicted molar refractivity (Wildman–Crippen MR) is 199 cm³/mol. The van der Waals surface area contributed by atoms with Crippen LogP contribution in [0.2, 0.25) is 0 Å². The van der Waals surface area contributed by atoms with E-state index in [1.54, 1.807) is 0 Å². The average Bonchev–Trinajstić information content (AvgIpc) is 3.68. The van der Waals surface area contributed by atoms with E-state index in [-0.39, 0.29) is 18.9 Å². The summed E-state index contributed by atoms with van der Waals surface area (Å²) in [5.41, 5.74) is 5.47. The minimum Gasteiger partial charge on any atom is -0.390 e. The number of amides is 1. The van der Waals surface area contributed by atoms with E-state index in [1.165, 1.54) is 0 Å². The van der Waals surface area contributed by atoms with Crippen molar-refractivity contribution in [2.45, 2.75) is 93.9 Å². The maximum atomic E-state index is 12.8. The van der Waals surface area contributed by atoms with Gasteiger partial charge >= 0.3 is 0 Å². The Kier molecular flexibility index (Phi) is 22.9. The molecule has 1 aliphatic carbocycles. The lowest BCUT2D eigenvalue weighted by Gasteiger charge is -2.40. The Hall–Kier alpha value is -5.73. The molecular formula is C43H40N2O9. The van der Waals surface area contributed by atoms with Crippen LogP contribution in [0.25, 0.3) is 0 Å². The topological polar surface area (TPSA) is 184 Å². The maximum absolute atomic E-state index is 12.8. The number of hydrogen-bond acceptors (Lipinski definition) is 10. The molecule has 2 fully saturated rings. The van der Waals surface area contributed by atoms with Crippen molar-refractivity contribution in [3.63, 3.8) is 0 Å². The summed E-state index contributed by atoms with van der Waals surface area (Å²) < 4.78 is 16.8. The molecule has 1 aliphatic heterocycles. The molecule has 2 unspecified atom stereocenters. The molecule has 2 aliphatic rings. The molecule has 11 heteroatoms. The predicted octanol–water partition coefficient (Wildman–Crippen LogP) is -1.98. The van der Waals surface area contributed by atoms with Gasteiger partial charge in [0.2, 0.25) is 5.91 Å². The van der Waals surface area contributed by atoms with Gasteiger partial charge in [0.15, 0.2) is 6.29 Å². The number of carbonyl (C=O) groups is 1. The summed E-state index contributed by atoms with van der Waals surface area (Å²) in [7, 11) is 0. The molecule has 0 spiro atoms. The van der Waals surface area contributed by atoms with Gasteiger partial charge in [0.1, 0.15) is 30.5 Å². The highest BCUT2D eigenvalue weighted by molar-refractivity contribution is 5.79. The highest BCUT2D eigenvalue weighted by Gasteiger charge is 2.45. The van der Waals surface area contributed by atoms with Gasteiger partial charge in [-0.05, 0) is 120 Å². The molecule has 1 saturated carbocycles. The van der Waals surface area contributed by atoms with Gasteiger partial charge in [-0.1, -0.05) is 31.6 Å². The van der Waals surface area contributed by atoms with Crippen molar-refractivity contribution in [2.24, 2.45) is 11.7 Å². The Balaban J connectivity index is 1.95. The van der Waals surface area contributed by atoms with E-state index in [0.717, 1.165) is 25.7 Å². The summed E-state index contributed by atoms with van der Waals surface area (Å²) in [4.78, 5) is 12.8. The molecule has 1 saturated heterocycles. The third-order valence-corrected chi connectivity index (χ3v) is 7.62. The van der Waals surface area contributed by atoms with E-state index in [2.05, 4.69) is 130 Å². The fourth-order valence-electron chi connectivity index (χ4n) is 4.99. The first-order valence-electron chi connectivity index (χ1n) is 17.0. The molecular weight excluding hydrogens is 688 g/mol. The molecule has 11 nitrogen and oxygen atoms in total.